The lowest BCUT2D eigenvalue weighted by Crippen LogP contribution is -2.66. The normalized spacial score (nSPS) is 34.3. The molecule has 1 rings (SSSR count). The van der Waals surface area contributed by atoms with E-state index < -0.39 is 23.8 Å². The topological polar surface area (TPSA) is 74.6 Å². The molecule has 0 fully saturated rings. The summed E-state index contributed by atoms with van der Waals surface area (Å²) in [5.74, 6) is -2.77. The number of carboxylic acid groups (broad SMARTS) is 2. The molecule has 2 atom stereocenters. The maximum absolute atomic E-state index is 11.7. The molecule has 0 heterocycles. The largest absolute Gasteiger partial charge is 0.480 e. The van der Waals surface area contributed by atoms with Crippen LogP contribution in [0.1, 0.15) is 0 Å². The molecule has 0 saturated carbocycles. The van der Waals surface area contributed by atoms with E-state index in [4.69, 9.17) is 0 Å². The second-order valence-electron chi connectivity index (χ2n) is 3.61. The Morgan fingerprint density at radius 2 is 1.42 bits per heavy atom. The molecule has 0 aromatic carbocycles. The zero-order valence-electron chi connectivity index (χ0n) is 8.69. The number of carboxylic acids is 2. The Bertz CT molecular complexity index is 527. The fraction of sp³-hybridized carbons (Fsp3) is 0.333. The molecule has 19 heavy (non-hydrogen) atoms. The third-order valence-electron chi connectivity index (χ3n) is 2.64. The lowest BCUT2D eigenvalue weighted by molar-refractivity contribution is -0.147. The van der Waals surface area contributed by atoms with Crippen molar-refractivity contribution in [2.75, 3.05) is 0 Å². The van der Waals surface area contributed by atoms with E-state index in [0.717, 1.165) is 0 Å². The molecule has 4 nitrogen and oxygen atoms in total. The van der Waals surface area contributed by atoms with E-state index >= 15 is 0 Å². The van der Waals surface area contributed by atoms with Crippen molar-refractivity contribution >= 4 is 108 Å². The van der Waals surface area contributed by atoms with Gasteiger partial charge in [-0.1, -0.05) is 86.2 Å². The number of hydrogen-bond donors (Lipinski definition) is 2. The van der Waals surface area contributed by atoms with Gasteiger partial charge in [-0.15, -0.1) is 0 Å². The van der Waals surface area contributed by atoms with E-state index in [2.05, 4.69) is 102 Å². The first kappa shape index (κ1) is 18.3. The molecule has 0 amide bonds. The molecule has 0 aliphatic heterocycles. The third kappa shape index (κ3) is 2.19. The first-order chi connectivity index (χ1) is 8.36. The minimum atomic E-state index is -1.98. The highest BCUT2D eigenvalue weighted by Crippen LogP contribution is 2.65. The zero-order valence-corrected chi connectivity index (χ0v) is 18.2. The van der Waals surface area contributed by atoms with Crippen LogP contribution in [-0.4, -0.2) is 34.0 Å². The fourth-order valence-corrected chi connectivity index (χ4v) is 7.02. The van der Waals surface area contributed by atoms with Gasteiger partial charge < -0.3 is 10.2 Å². The Morgan fingerprint density at radius 1 is 1.00 bits per heavy atom. The van der Waals surface area contributed by atoms with Crippen molar-refractivity contribution in [1.29, 1.82) is 0 Å². The highest BCUT2D eigenvalue weighted by molar-refractivity contribution is 9.26. The van der Waals surface area contributed by atoms with Crippen LogP contribution in [0.25, 0.3) is 0 Å². The quantitative estimate of drug-likeness (QED) is 0.431. The summed E-state index contributed by atoms with van der Waals surface area (Å²) in [4.78, 5) is 23.4. The summed E-state index contributed by atoms with van der Waals surface area (Å²) < 4.78 is -4.93. The van der Waals surface area contributed by atoms with Crippen molar-refractivity contribution < 1.29 is 19.8 Å². The van der Waals surface area contributed by atoms with Gasteiger partial charge in [0.2, 0.25) is 0 Å². The summed E-state index contributed by atoms with van der Waals surface area (Å²) in [5, 5.41) is 19.0. The number of alkyl halides is 4. The molecular formula is C9H4Br6O4. The van der Waals surface area contributed by atoms with Crippen LogP contribution in [0.15, 0.2) is 21.1 Å². The molecule has 1 aliphatic rings. The van der Waals surface area contributed by atoms with Crippen molar-refractivity contribution in [3.8, 4) is 0 Å². The smallest absolute Gasteiger partial charge is 0.327 e. The Labute approximate surface area is 158 Å². The van der Waals surface area contributed by atoms with Crippen molar-refractivity contribution in [3.63, 3.8) is 0 Å². The Kier molecular flexibility index (Phi) is 5.31. The van der Waals surface area contributed by atoms with E-state index in [0.29, 0.717) is 10.1 Å². The van der Waals surface area contributed by atoms with Gasteiger partial charge >= 0.3 is 11.9 Å². The molecule has 0 spiro atoms. The molecule has 2 N–H and O–H groups in total. The zero-order chi connectivity index (χ0) is 15.4. The Hall–Kier alpha value is 1.30. The van der Waals surface area contributed by atoms with E-state index in [1.165, 1.54) is 0 Å². The minimum absolute atomic E-state index is 0.103. The lowest BCUT2D eigenvalue weighted by Gasteiger charge is -2.49. The van der Waals surface area contributed by atoms with E-state index in [9.17, 15) is 19.8 Å². The van der Waals surface area contributed by atoms with E-state index in [1.807, 2.05) is 0 Å². The van der Waals surface area contributed by atoms with E-state index in [-0.39, 0.29) is 4.48 Å². The SMILES string of the molecule is C=C1C(Br)=C(Br)C(Br)(C(=O)O)C(Br)(C(=O)O)C1(Br)Br. The van der Waals surface area contributed by atoms with Gasteiger partial charge in [-0.05, 0) is 21.5 Å². The summed E-state index contributed by atoms with van der Waals surface area (Å²) in [6.07, 6.45) is 0. The molecule has 0 aromatic rings. The van der Waals surface area contributed by atoms with Crippen molar-refractivity contribution in [2.24, 2.45) is 0 Å². The standard InChI is InChI=1S/C9H4Br6O4/c1-2-3(10)4(11)7(12,5(16)17)8(13,6(18)19)9(2,14)15/h1H2,(H,16,17)(H,18,19). The van der Waals surface area contributed by atoms with E-state index in [1.54, 1.807) is 0 Å². The van der Waals surface area contributed by atoms with Crippen LogP contribution in [-0.2, 0) is 9.59 Å². The number of allylic oxidation sites excluding steroid dienone is 2. The van der Waals surface area contributed by atoms with Crippen LogP contribution in [0.4, 0.5) is 0 Å². The number of hydrogen-bond acceptors (Lipinski definition) is 2. The van der Waals surface area contributed by atoms with Gasteiger partial charge in [-0.25, -0.2) is 0 Å². The van der Waals surface area contributed by atoms with Crippen LogP contribution < -0.4 is 0 Å². The van der Waals surface area contributed by atoms with Crippen LogP contribution in [0.3, 0.4) is 0 Å². The summed E-state index contributed by atoms with van der Waals surface area (Å²) >= 11 is 18.8. The number of halogens is 6. The number of rotatable bonds is 2. The summed E-state index contributed by atoms with van der Waals surface area (Å²) in [5.41, 5.74) is 0.315. The monoisotopic (exact) mass is 650 g/mol. The predicted octanol–water partition coefficient (Wildman–Crippen LogP) is 4.48. The van der Waals surface area contributed by atoms with Crippen molar-refractivity contribution in [2.45, 2.75) is 11.9 Å². The average molecular weight is 656 g/mol. The maximum Gasteiger partial charge on any atom is 0.327 e. The van der Waals surface area contributed by atoms with Crippen LogP contribution in [0.2, 0.25) is 0 Å². The Morgan fingerprint density at radius 3 is 1.74 bits per heavy atom. The molecule has 106 valence electrons. The van der Waals surface area contributed by atoms with Gasteiger partial charge in [0.25, 0.3) is 0 Å². The molecule has 0 aromatic heterocycles. The van der Waals surface area contributed by atoms with Crippen LogP contribution >= 0.6 is 95.6 Å². The van der Waals surface area contributed by atoms with Crippen LogP contribution in [0, 0.1) is 0 Å². The maximum atomic E-state index is 11.7. The van der Waals surface area contributed by atoms with Gasteiger partial charge in [0.05, 0.1) is 0 Å². The summed E-state index contributed by atoms with van der Waals surface area (Å²) in [7, 11) is 0. The lowest BCUT2D eigenvalue weighted by atomic mass is 9.81. The van der Waals surface area contributed by atoms with Crippen molar-refractivity contribution in [3.05, 3.63) is 21.1 Å². The Balaban J connectivity index is 3.90. The van der Waals surface area contributed by atoms with Gasteiger partial charge in [-0.2, -0.15) is 0 Å². The van der Waals surface area contributed by atoms with Gasteiger partial charge in [-0.3, -0.25) is 9.59 Å². The number of carbonyl (C=O) groups is 2. The first-order valence-corrected chi connectivity index (χ1v) is 9.10. The second-order valence-corrected chi connectivity index (χ2v) is 11.0. The molecular weight excluding hydrogens is 652 g/mol. The molecule has 10 heteroatoms. The number of aliphatic carboxylic acids is 2. The highest BCUT2D eigenvalue weighted by atomic mass is 79.9. The van der Waals surface area contributed by atoms with Gasteiger partial charge in [0.15, 0.2) is 8.65 Å². The highest BCUT2D eigenvalue weighted by Gasteiger charge is 2.73. The first-order valence-electron chi connectivity index (χ1n) is 4.34. The van der Waals surface area contributed by atoms with Gasteiger partial charge in [0, 0.05) is 8.96 Å². The second kappa shape index (κ2) is 5.49. The molecule has 2 unspecified atom stereocenters. The van der Waals surface area contributed by atoms with Crippen molar-refractivity contribution in [1.82, 2.24) is 0 Å². The molecule has 1 aliphatic carbocycles. The molecule has 0 radical (unpaired) electrons. The molecule has 0 bridgehead atoms. The fourth-order valence-electron chi connectivity index (χ4n) is 1.52. The predicted molar refractivity (Wildman–Crippen MR) is 93.2 cm³/mol. The van der Waals surface area contributed by atoms with Gasteiger partial charge in [0.1, 0.15) is 3.23 Å². The third-order valence-corrected chi connectivity index (χ3v) is 12.2. The molecule has 0 saturated heterocycles. The summed E-state index contributed by atoms with van der Waals surface area (Å²) in [6, 6.07) is 0. The summed E-state index contributed by atoms with van der Waals surface area (Å²) in [6.45, 7) is 3.77. The average Bonchev–Trinajstić information content (AvgIpc) is 2.31. The van der Waals surface area contributed by atoms with Crippen LogP contribution in [0.5, 0.6) is 0 Å². The minimum Gasteiger partial charge on any atom is -0.480 e.